The monoisotopic (exact) mass is 439 g/mol. The predicted molar refractivity (Wildman–Crippen MR) is 130 cm³/mol. The van der Waals surface area contributed by atoms with Crippen molar-refractivity contribution in [2.24, 2.45) is 5.92 Å². The highest BCUT2D eigenvalue weighted by Gasteiger charge is 2.40. The van der Waals surface area contributed by atoms with Crippen LogP contribution in [0.4, 0.5) is 17.1 Å². The van der Waals surface area contributed by atoms with Crippen molar-refractivity contribution in [1.82, 2.24) is 0 Å². The molecule has 0 aromatic heterocycles. The van der Waals surface area contributed by atoms with E-state index in [2.05, 4.69) is 17.5 Å². The molecule has 3 aromatic rings. The maximum absolute atomic E-state index is 13.4. The van der Waals surface area contributed by atoms with Crippen LogP contribution in [0, 0.1) is 16.0 Å². The van der Waals surface area contributed by atoms with E-state index < -0.39 is 0 Å². The summed E-state index contributed by atoms with van der Waals surface area (Å²) < 4.78 is 0. The van der Waals surface area contributed by atoms with E-state index in [9.17, 15) is 14.9 Å². The largest absolute Gasteiger partial charge is 0.377 e. The van der Waals surface area contributed by atoms with E-state index in [1.165, 1.54) is 0 Å². The van der Waals surface area contributed by atoms with Gasteiger partial charge >= 0.3 is 0 Å². The molecule has 1 aliphatic carbocycles. The standard InChI is InChI=1S/C27H25N3O3/c1-2-29(19-9-4-3-5-10-19)27(31)18-15-16-24-23(17-18)20-12-8-13-21(20)26(28-24)22-11-6-7-14-25(22)30(32)33/h3-12,14-17,20-21,26,28H,2,13H2,1H3. The second kappa shape index (κ2) is 8.54. The third-order valence-electron chi connectivity index (χ3n) is 6.71. The van der Waals surface area contributed by atoms with Crippen molar-refractivity contribution in [3.05, 3.63) is 112 Å². The number of hydrogen-bond acceptors (Lipinski definition) is 4. The number of fused-ring (bicyclic) bond motifs is 3. The number of nitro benzene ring substituents is 1. The molecule has 6 heteroatoms. The SMILES string of the molecule is CCN(C(=O)c1ccc2c(c1)C1C=CCC1C(c1ccccc1[N+](=O)[O-])N2)c1ccccc1. The number of rotatable bonds is 5. The Labute approximate surface area is 192 Å². The van der Waals surface area contributed by atoms with E-state index in [0.717, 1.165) is 23.4 Å². The molecule has 3 aromatic carbocycles. The van der Waals surface area contributed by atoms with Crippen LogP contribution in [0.25, 0.3) is 0 Å². The number of nitrogens with zero attached hydrogens (tertiary/aromatic N) is 2. The van der Waals surface area contributed by atoms with Crippen molar-refractivity contribution in [2.45, 2.75) is 25.3 Å². The summed E-state index contributed by atoms with van der Waals surface area (Å²) in [6, 6.07) is 22.2. The molecule has 1 N–H and O–H groups in total. The van der Waals surface area contributed by atoms with Gasteiger partial charge in [0.2, 0.25) is 0 Å². The van der Waals surface area contributed by atoms with Gasteiger partial charge in [-0.1, -0.05) is 48.6 Å². The van der Waals surface area contributed by atoms with Gasteiger partial charge in [-0.05, 0) is 55.2 Å². The van der Waals surface area contributed by atoms with Crippen LogP contribution in [0.2, 0.25) is 0 Å². The first kappa shape index (κ1) is 20.9. The summed E-state index contributed by atoms with van der Waals surface area (Å²) in [5, 5.41) is 15.2. The molecule has 0 saturated heterocycles. The van der Waals surface area contributed by atoms with E-state index >= 15 is 0 Å². The molecule has 0 fully saturated rings. The minimum absolute atomic E-state index is 0.0363. The molecule has 1 heterocycles. The summed E-state index contributed by atoms with van der Waals surface area (Å²) in [5.41, 5.74) is 4.34. The van der Waals surface area contributed by atoms with Gasteiger partial charge in [-0.2, -0.15) is 0 Å². The molecular weight excluding hydrogens is 414 g/mol. The Morgan fingerprint density at radius 2 is 1.82 bits per heavy atom. The Morgan fingerprint density at radius 1 is 1.06 bits per heavy atom. The maximum atomic E-state index is 13.4. The van der Waals surface area contributed by atoms with E-state index in [0.29, 0.717) is 17.7 Å². The fraction of sp³-hybridized carbons (Fsp3) is 0.222. The number of carbonyl (C=O) groups excluding carboxylic acids is 1. The lowest BCUT2D eigenvalue weighted by Gasteiger charge is -2.37. The van der Waals surface area contributed by atoms with Crippen LogP contribution in [0.1, 0.15) is 46.8 Å². The van der Waals surface area contributed by atoms with E-state index in [4.69, 9.17) is 0 Å². The minimum Gasteiger partial charge on any atom is -0.377 e. The molecule has 33 heavy (non-hydrogen) atoms. The topological polar surface area (TPSA) is 75.5 Å². The molecule has 1 amide bonds. The number of carbonyl (C=O) groups is 1. The van der Waals surface area contributed by atoms with Gasteiger partial charge in [0.15, 0.2) is 0 Å². The zero-order valence-electron chi connectivity index (χ0n) is 18.3. The quantitative estimate of drug-likeness (QED) is 0.297. The second-order valence-electron chi connectivity index (χ2n) is 8.48. The van der Waals surface area contributed by atoms with Gasteiger partial charge in [-0.25, -0.2) is 0 Å². The smallest absolute Gasteiger partial charge is 0.274 e. The third-order valence-corrected chi connectivity index (χ3v) is 6.71. The zero-order chi connectivity index (χ0) is 22.9. The molecule has 1 aliphatic heterocycles. The van der Waals surface area contributed by atoms with Crippen molar-refractivity contribution >= 4 is 23.0 Å². The molecule has 0 saturated carbocycles. The fourth-order valence-corrected chi connectivity index (χ4v) is 5.16. The van der Waals surface area contributed by atoms with Crippen LogP contribution >= 0.6 is 0 Å². The third kappa shape index (κ3) is 3.67. The first-order chi connectivity index (χ1) is 16.1. The summed E-state index contributed by atoms with van der Waals surface area (Å²) in [5.74, 6) is 0.219. The van der Waals surface area contributed by atoms with Crippen molar-refractivity contribution in [3.8, 4) is 0 Å². The number of nitro groups is 1. The van der Waals surface area contributed by atoms with Gasteiger partial charge in [0.05, 0.1) is 16.5 Å². The highest BCUT2D eigenvalue weighted by Crippen LogP contribution is 2.51. The van der Waals surface area contributed by atoms with Crippen LogP contribution in [0.3, 0.4) is 0 Å². The average Bonchev–Trinajstić information content (AvgIpc) is 3.35. The normalized spacial score (nSPS) is 20.5. The number of benzene rings is 3. The highest BCUT2D eigenvalue weighted by molar-refractivity contribution is 6.06. The van der Waals surface area contributed by atoms with E-state index in [1.54, 1.807) is 17.0 Å². The molecule has 0 bridgehead atoms. The van der Waals surface area contributed by atoms with Crippen molar-refractivity contribution in [2.75, 3.05) is 16.8 Å². The maximum Gasteiger partial charge on any atom is 0.274 e. The molecule has 166 valence electrons. The van der Waals surface area contributed by atoms with Crippen LogP contribution in [0.15, 0.2) is 84.9 Å². The van der Waals surface area contributed by atoms with Gasteiger partial charge in [-0.15, -0.1) is 0 Å². The summed E-state index contributed by atoms with van der Waals surface area (Å²) in [6.45, 7) is 2.54. The number of allylic oxidation sites excluding steroid dienone is 2. The van der Waals surface area contributed by atoms with Gasteiger partial charge in [0, 0.05) is 35.5 Å². The fourth-order valence-electron chi connectivity index (χ4n) is 5.16. The molecule has 5 rings (SSSR count). The van der Waals surface area contributed by atoms with Gasteiger partial charge in [-0.3, -0.25) is 14.9 Å². The highest BCUT2D eigenvalue weighted by atomic mass is 16.6. The summed E-state index contributed by atoms with van der Waals surface area (Å²) in [4.78, 5) is 26.5. The summed E-state index contributed by atoms with van der Waals surface area (Å²) in [7, 11) is 0. The van der Waals surface area contributed by atoms with Gasteiger partial charge in [0.1, 0.15) is 0 Å². The molecule has 2 aliphatic rings. The van der Waals surface area contributed by atoms with Crippen LogP contribution in [0.5, 0.6) is 0 Å². The zero-order valence-corrected chi connectivity index (χ0v) is 18.3. The summed E-state index contributed by atoms with van der Waals surface area (Å²) in [6.07, 6.45) is 5.15. The second-order valence-corrected chi connectivity index (χ2v) is 8.48. The number of nitrogens with one attached hydrogen (secondary N) is 1. The minimum atomic E-state index is -0.311. The predicted octanol–water partition coefficient (Wildman–Crippen LogP) is 6.09. The van der Waals surface area contributed by atoms with Crippen LogP contribution in [-0.4, -0.2) is 17.4 Å². The molecular formula is C27H25N3O3. The Bertz CT molecular complexity index is 1240. The Hall–Kier alpha value is -3.93. The number of hydrogen-bond donors (Lipinski definition) is 1. The average molecular weight is 440 g/mol. The van der Waals surface area contributed by atoms with Crippen LogP contribution in [-0.2, 0) is 0 Å². The van der Waals surface area contributed by atoms with E-state index in [1.807, 2.05) is 67.6 Å². The first-order valence-electron chi connectivity index (χ1n) is 11.3. The lowest BCUT2D eigenvalue weighted by Crippen LogP contribution is -2.32. The number of amides is 1. The lowest BCUT2D eigenvalue weighted by molar-refractivity contribution is -0.385. The number of anilines is 2. The summed E-state index contributed by atoms with van der Waals surface area (Å²) >= 11 is 0. The Morgan fingerprint density at radius 3 is 2.58 bits per heavy atom. The van der Waals surface area contributed by atoms with Crippen molar-refractivity contribution in [1.29, 1.82) is 0 Å². The molecule has 3 unspecified atom stereocenters. The molecule has 0 radical (unpaired) electrons. The van der Waals surface area contributed by atoms with Crippen molar-refractivity contribution in [3.63, 3.8) is 0 Å². The molecule has 3 atom stereocenters. The Kier molecular flexibility index (Phi) is 5.42. The molecule has 6 nitrogen and oxygen atoms in total. The van der Waals surface area contributed by atoms with Crippen LogP contribution < -0.4 is 10.2 Å². The lowest BCUT2D eigenvalue weighted by atomic mass is 9.76. The number of para-hydroxylation sites is 2. The first-order valence-corrected chi connectivity index (χ1v) is 11.3. The Balaban J connectivity index is 1.51. The van der Waals surface area contributed by atoms with Gasteiger partial charge in [0.25, 0.3) is 11.6 Å². The van der Waals surface area contributed by atoms with Crippen molar-refractivity contribution < 1.29 is 9.72 Å². The molecule has 0 spiro atoms. The van der Waals surface area contributed by atoms with E-state index in [-0.39, 0.29) is 34.4 Å². The van der Waals surface area contributed by atoms with Gasteiger partial charge < -0.3 is 10.2 Å².